The van der Waals surface area contributed by atoms with Crippen molar-refractivity contribution in [1.29, 1.82) is 0 Å². The van der Waals surface area contributed by atoms with Crippen LogP contribution in [-0.2, 0) is 16.1 Å². The molecule has 0 bridgehead atoms. The number of ether oxygens (including phenoxy) is 1. The molecule has 0 unspecified atom stereocenters. The van der Waals surface area contributed by atoms with Gasteiger partial charge in [0.05, 0.1) is 7.11 Å². The minimum absolute atomic E-state index is 0.267. The summed E-state index contributed by atoms with van der Waals surface area (Å²) in [5.41, 5.74) is 2.00. The summed E-state index contributed by atoms with van der Waals surface area (Å²) in [4.78, 5) is 26.6. The van der Waals surface area contributed by atoms with E-state index in [4.69, 9.17) is 0 Å². The number of alkyl carbamates (subject to hydrolysis) is 1. The number of hydrogen-bond acceptors (Lipinski definition) is 4. The van der Waals surface area contributed by atoms with Crippen LogP contribution >= 0.6 is 0 Å². The van der Waals surface area contributed by atoms with Crippen LogP contribution < -0.4 is 10.6 Å². The first-order valence-electron chi connectivity index (χ1n) is 5.56. The number of methoxy groups -OCH3 is 1. The third-order valence-electron chi connectivity index (χ3n) is 2.50. The van der Waals surface area contributed by atoms with Crippen molar-refractivity contribution < 1.29 is 14.3 Å². The lowest BCUT2D eigenvalue weighted by atomic mass is 10.1. The van der Waals surface area contributed by atoms with Crippen molar-refractivity contribution in [2.24, 2.45) is 0 Å². The summed E-state index contributed by atoms with van der Waals surface area (Å²) in [5, 5.41) is 5.13. The first-order chi connectivity index (χ1) is 8.54. The van der Waals surface area contributed by atoms with E-state index in [-0.39, 0.29) is 5.91 Å². The Morgan fingerprint density at radius 1 is 1.50 bits per heavy atom. The molecule has 1 aromatic heterocycles. The van der Waals surface area contributed by atoms with E-state index >= 15 is 0 Å². The third kappa shape index (κ3) is 4.04. The Bertz CT molecular complexity index is 434. The van der Waals surface area contributed by atoms with Crippen molar-refractivity contribution >= 4 is 12.0 Å². The van der Waals surface area contributed by atoms with Crippen LogP contribution in [0.2, 0.25) is 0 Å². The molecule has 6 heteroatoms. The van der Waals surface area contributed by atoms with Gasteiger partial charge in [-0.3, -0.25) is 9.78 Å². The number of nitrogens with zero attached hydrogens (tertiary/aromatic N) is 1. The quantitative estimate of drug-likeness (QED) is 0.827. The Morgan fingerprint density at radius 2 is 2.22 bits per heavy atom. The smallest absolute Gasteiger partial charge is 0.407 e. The SMILES string of the molecule is COC(=O)N[C@H](C)C(=O)NCc1ccncc1C. The second kappa shape index (κ2) is 6.58. The summed E-state index contributed by atoms with van der Waals surface area (Å²) >= 11 is 0. The van der Waals surface area contributed by atoms with Gasteiger partial charge in [-0.15, -0.1) is 0 Å². The molecule has 0 aliphatic carbocycles. The van der Waals surface area contributed by atoms with E-state index in [0.717, 1.165) is 11.1 Å². The molecule has 0 saturated carbocycles. The minimum atomic E-state index is -0.639. The van der Waals surface area contributed by atoms with Gasteiger partial charge in [0.2, 0.25) is 5.91 Å². The first-order valence-corrected chi connectivity index (χ1v) is 5.56. The largest absolute Gasteiger partial charge is 0.453 e. The van der Waals surface area contributed by atoms with Gasteiger partial charge >= 0.3 is 6.09 Å². The number of aryl methyl sites for hydroxylation is 1. The predicted octanol–water partition coefficient (Wildman–Crippen LogP) is 0.751. The summed E-state index contributed by atoms with van der Waals surface area (Å²) < 4.78 is 4.41. The number of rotatable bonds is 4. The zero-order valence-electron chi connectivity index (χ0n) is 10.7. The van der Waals surface area contributed by atoms with Crippen LogP contribution in [0.5, 0.6) is 0 Å². The zero-order valence-corrected chi connectivity index (χ0v) is 10.7. The van der Waals surface area contributed by atoms with Crippen LogP contribution in [0.4, 0.5) is 4.79 Å². The second-order valence-corrected chi connectivity index (χ2v) is 3.88. The summed E-state index contributed by atoms with van der Waals surface area (Å²) in [6, 6.07) is 1.20. The highest BCUT2D eigenvalue weighted by Crippen LogP contribution is 2.04. The van der Waals surface area contributed by atoms with Gasteiger partial charge in [-0.25, -0.2) is 4.79 Å². The Morgan fingerprint density at radius 3 is 2.83 bits per heavy atom. The molecule has 0 aromatic carbocycles. The van der Waals surface area contributed by atoms with Gasteiger partial charge in [0.25, 0.3) is 0 Å². The number of nitrogens with one attached hydrogen (secondary N) is 2. The zero-order chi connectivity index (χ0) is 13.5. The van der Waals surface area contributed by atoms with E-state index in [2.05, 4.69) is 20.4 Å². The van der Waals surface area contributed by atoms with E-state index in [1.54, 1.807) is 19.3 Å². The van der Waals surface area contributed by atoms with E-state index in [0.29, 0.717) is 6.54 Å². The second-order valence-electron chi connectivity index (χ2n) is 3.88. The molecule has 1 heterocycles. The van der Waals surface area contributed by atoms with Crippen LogP contribution in [0.1, 0.15) is 18.1 Å². The summed E-state index contributed by atoms with van der Waals surface area (Å²) in [6.45, 7) is 3.91. The van der Waals surface area contributed by atoms with E-state index < -0.39 is 12.1 Å². The molecular formula is C12H17N3O3. The molecular weight excluding hydrogens is 234 g/mol. The predicted molar refractivity (Wildman–Crippen MR) is 65.8 cm³/mol. The number of carbonyl (C=O) groups is 2. The molecule has 6 nitrogen and oxygen atoms in total. The highest BCUT2D eigenvalue weighted by molar-refractivity contribution is 5.85. The van der Waals surface area contributed by atoms with Crippen molar-refractivity contribution in [1.82, 2.24) is 15.6 Å². The first kappa shape index (κ1) is 14.0. The standard InChI is InChI=1S/C12H17N3O3/c1-8-6-13-5-4-10(8)7-14-11(16)9(2)15-12(17)18-3/h4-6,9H,7H2,1-3H3,(H,14,16)(H,15,17)/t9-/m1/s1. The third-order valence-corrected chi connectivity index (χ3v) is 2.50. The van der Waals surface area contributed by atoms with Crippen molar-refractivity contribution in [3.8, 4) is 0 Å². The number of pyridine rings is 1. The molecule has 2 N–H and O–H groups in total. The van der Waals surface area contributed by atoms with E-state index in [9.17, 15) is 9.59 Å². The molecule has 0 spiro atoms. The van der Waals surface area contributed by atoms with Gasteiger partial charge in [-0.1, -0.05) is 0 Å². The summed E-state index contributed by atoms with van der Waals surface area (Å²) in [5.74, 6) is -0.267. The Balaban J connectivity index is 2.46. The maximum Gasteiger partial charge on any atom is 0.407 e. The molecule has 0 aliphatic rings. The van der Waals surface area contributed by atoms with Crippen LogP contribution in [0.3, 0.4) is 0 Å². The van der Waals surface area contributed by atoms with Gasteiger partial charge in [-0.2, -0.15) is 0 Å². The Kier molecular flexibility index (Phi) is 5.10. The van der Waals surface area contributed by atoms with Crippen LogP contribution in [0.15, 0.2) is 18.5 Å². The van der Waals surface area contributed by atoms with Crippen LogP contribution in [0, 0.1) is 6.92 Å². The molecule has 98 valence electrons. The minimum Gasteiger partial charge on any atom is -0.453 e. The van der Waals surface area contributed by atoms with Crippen molar-refractivity contribution in [2.75, 3.05) is 7.11 Å². The lowest BCUT2D eigenvalue weighted by Crippen LogP contribution is -2.44. The normalized spacial score (nSPS) is 11.5. The monoisotopic (exact) mass is 251 g/mol. The molecule has 0 fully saturated rings. The fraction of sp³-hybridized carbons (Fsp3) is 0.417. The van der Waals surface area contributed by atoms with Gasteiger partial charge in [0.15, 0.2) is 0 Å². The Labute approximate surface area is 106 Å². The van der Waals surface area contributed by atoms with Crippen molar-refractivity contribution in [3.05, 3.63) is 29.6 Å². The number of carbonyl (C=O) groups excluding carboxylic acids is 2. The number of amides is 2. The highest BCUT2D eigenvalue weighted by atomic mass is 16.5. The fourth-order valence-electron chi connectivity index (χ4n) is 1.34. The molecule has 2 amide bonds. The molecule has 0 radical (unpaired) electrons. The van der Waals surface area contributed by atoms with Crippen molar-refractivity contribution in [2.45, 2.75) is 26.4 Å². The molecule has 1 aromatic rings. The van der Waals surface area contributed by atoms with Gasteiger partial charge in [-0.05, 0) is 31.0 Å². The van der Waals surface area contributed by atoms with Gasteiger partial charge in [0, 0.05) is 18.9 Å². The van der Waals surface area contributed by atoms with Gasteiger partial charge in [0.1, 0.15) is 6.04 Å². The Hall–Kier alpha value is -2.11. The summed E-state index contributed by atoms with van der Waals surface area (Å²) in [7, 11) is 1.25. The van der Waals surface area contributed by atoms with Crippen LogP contribution in [0.25, 0.3) is 0 Å². The number of hydrogen-bond donors (Lipinski definition) is 2. The maximum atomic E-state index is 11.7. The van der Waals surface area contributed by atoms with E-state index in [1.165, 1.54) is 7.11 Å². The molecule has 1 rings (SSSR count). The highest BCUT2D eigenvalue weighted by Gasteiger charge is 2.15. The lowest BCUT2D eigenvalue weighted by Gasteiger charge is -2.13. The molecule has 0 aliphatic heterocycles. The van der Waals surface area contributed by atoms with Gasteiger partial charge < -0.3 is 15.4 Å². The lowest BCUT2D eigenvalue weighted by molar-refractivity contribution is -0.122. The maximum absolute atomic E-state index is 11.7. The fourth-order valence-corrected chi connectivity index (χ4v) is 1.34. The topological polar surface area (TPSA) is 80.3 Å². The molecule has 1 atom stereocenters. The van der Waals surface area contributed by atoms with Crippen molar-refractivity contribution in [3.63, 3.8) is 0 Å². The molecule has 18 heavy (non-hydrogen) atoms. The average Bonchev–Trinajstić information content (AvgIpc) is 2.37. The number of aromatic nitrogens is 1. The average molecular weight is 251 g/mol. The van der Waals surface area contributed by atoms with E-state index in [1.807, 2.05) is 13.0 Å². The van der Waals surface area contributed by atoms with Crippen LogP contribution in [-0.4, -0.2) is 30.1 Å². The summed E-state index contributed by atoms with van der Waals surface area (Å²) in [6.07, 6.45) is 2.78. The molecule has 0 saturated heterocycles.